The highest BCUT2D eigenvalue weighted by atomic mass is 32.1. The Hall–Kier alpha value is -2.24. The zero-order chi connectivity index (χ0) is 14.5. The third-order valence-electron chi connectivity index (χ3n) is 3.01. The Bertz CT molecular complexity index is 713. The van der Waals surface area contributed by atoms with Crippen LogP contribution in [0.5, 0.6) is 0 Å². The fraction of sp³-hybridized carbons (Fsp3) is 0.125. The zero-order valence-corrected chi connectivity index (χ0v) is 12.2. The molecule has 3 rings (SSSR count). The molecule has 0 saturated heterocycles. The van der Waals surface area contributed by atoms with Crippen molar-refractivity contribution in [3.8, 4) is 10.6 Å². The third kappa shape index (κ3) is 3.45. The summed E-state index contributed by atoms with van der Waals surface area (Å²) in [6.45, 7) is 0.147. The molecule has 2 N–H and O–H groups in total. The SMILES string of the molecule is OCCc1cccc(Nc2nccc(-c3cccs3)n2)c1. The van der Waals surface area contributed by atoms with Gasteiger partial charge in [-0.05, 0) is 41.6 Å². The van der Waals surface area contributed by atoms with Crippen LogP contribution < -0.4 is 5.32 Å². The molecule has 0 amide bonds. The first kappa shape index (κ1) is 13.7. The van der Waals surface area contributed by atoms with Crippen LogP contribution in [0.15, 0.2) is 54.0 Å². The van der Waals surface area contributed by atoms with E-state index in [1.165, 1.54) is 0 Å². The molecule has 3 aromatic rings. The minimum Gasteiger partial charge on any atom is -0.396 e. The zero-order valence-electron chi connectivity index (χ0n) is 11.4. The average molecular weight is 297 g/mol. The first-order valence-corrected chi connectivity index (χ1v) is 7.57. The van der Waals surface area contributed by atoms with Gasteiger partial charge in [-0.1, -0.05) is 18.2 Å². The van der Waals surface area contributed by atoms with Crippen LogP contribution in [0.25, 0.3) is 10.6 Å². The van der Waals surface area contributed by atoms with Crippen molar-refractivity contribution in [2.75, 3.05) is 11.9 Å². The summed E-state index contributed by atoms with van der Waals surface area (Å²) in [5.41, 5.74) is 2.91. The second kappa shape index (κ2) is 6.47. The van der Waals surface area contributed by atoms with E-state index >= 15 is 0 Å². The second-order valence-electron chi connectivity index (χ2n) is 4.54. The first-order valence-electron chi connectivity index (χ1n) is 6.69. The van der Waals surface area contributed by atoms with Crippen molar-refractivity contribution < 1.29 is 5.11 Å². The van der Waals surface area contributed by atoms with Gasteiger partial charge >= 0.3 is 0 Å². The van der Waals surface area contributed by atoms with Gasteiger partial charge in [-0.3, -0.25) is 0 Å². The van der Waals surface area contributed by atoms with E-state index in [1.807, 2.05) is 47.8 Å². The van der Waals surface area contributed by atoms with Gasteiger partial charge < -0.3 is 10.4 Å². The normalized spacial score (nSPS) is 10.5. The molecule has 0 aliphatic rings. The summed E-state index contributed by atoms with van der Waals surface area (Å²) in [6, 6.07) is 13.9. The van der Waals surface area contributed by atoms with Crippen LogP contribution in [-0.4, -0.2) is 21.7 Å². The van der Waals surface area contributed by atoms with Crippen LogP contribution in [0.2, 0.25) is 0 Å². The van der Waals surface area contributed by atoms with E-state index in [0.717, 1.165) is 21.8 Å². The lowest BCUT2D eigenvalue weighted by Crippen LogP contribution is -1.98. The molecule has 2 aromatic heterocycles. The molecular weight excluding hydrogens is 282 g/mol. The van der Waals surface area contributed by atoms with Crippen LogP contribution in [0, 0.1) is 0 Å². The van der Waals surface area contributed by atoms with Gasteiger partial charge in [0.2, 0.25) is 5.95 Å². The predicted octanol–water partition coefficient (Wildman–Crippen LogP) is 3.48. The summed E-state index contributed by atoms with van der Waals surface area (Å²) in [5, 5.41) is 14.2. The van der Waals surface area contributed by atoms with Crippen LogP contribution in [0.4, 0.5) is 11.6 Å². The van der Waals surface area contributed by atoms with Crippen molar-refractivity contribution in [1.82, 2.24) is 9.97 Å². The summed E-state index contributed by atoms with van der Waals surface area (Å²) >= 11 is 1.65. The number of thiophene rings is 1. The van der Waals surface area contributed by atoms with Crippen LogP contribution >= 0.6 is 11.3 Å². The number of anilines is 2. The topological polar surface area (TPSA) is 58.0 Å². The van der Waals surface area contributed by atoms with Crippen molar-refractivity contribution in [2.24, 2.45) is 0 Å². The quantitative estimate of drug-likeness (QED) is 0.757. The first-order chi connectivity index (χ1) is 10.3. The van der Waals surface area contributed by atoms with Gasteiger partial charge in [0.25, 0.3) is 0 Å². The Labute approximate surface area is 127 Å². The van der Waals surface area contributed by atoms with E-state index in [4.69, 9.17) is 5.11 Å². The fourth-order valence-corrected chi connectivity index (χ4v) is 2.74. The monoisotopic (exact) mass is 297 g/mol. The van der Waals surface area contributed by atoms with Crippen LogP contribution in [0.1, 0.15) is 5.56 Å². The van der Waals surface area contributed by atoms with E-state index in [-0.39, 0.29) is 6.61 Å². The summed E-state index contributed by atoms with van der Waals surface area (Å²) in [6.07, 6.45) is 2.40. The number of aliphatic hydroxyl groups excluding tert-OH is 1. The Morgan fingerprint density at radius 1 is 1.14 bits per heavy atom. The van der Waals surface area contributed by atoms with Crippen molar-refractivity contribution >= 4 is 23.0 Å². The summed E-state index contributed by atoms with van der Waals surface area (Å²) < 4.78 is 0. The number of aliphatic hydroxyl groups is 1. The van der Waals surface area contributed by atoms with Crippen molar-refractivity contribution in [2.45, 2.75) is 6.42 Å². The lowest BCUT2D eigenvalue weighted by Gasteiger charge is -2.07. The molecule has 0 aliphatic heterocycles. The molecule has 0 saturated carbocycles. The molecule has 1 aromatic carbocycles. The van der Waals surface area contributed by atoms with E-state index in [1.54, 1.807) is 17.5 Å². The Kier molecular flexibility index (Phi) is 4.23. The highest BCUT2D eigenvalue weighted by Gasteiger charge is 2.04. The van der Waals surface area contributed by atoms with Gasteiger partial charge in [0, 0.05) is 18.5 Å². The maximum atomic E-state index is 9.00. The van der Waals surface area contributed by atoms with Gasteiger partial charge in [0.15, 0.2) is 0 Å². The van der Waals surface area contributed by atoms with Gasteiger partial charge in [-0.25, -0.2) is 9.97 Å². The molecule has 0 spiro atoms. The van der Waals surface area contributed by atoms with Crippen molar-refractivity contribution in [1.29, 1.82) is 0 Å². The van der Waals surface area contributed by atoms with Crippen molar-refractivity contribution in [3.05, 3.63) is 59.6 Å². The lowest BCUT2D eigenvalue weighted by molar-refractivity contribution is 0.299. The van der Waals surface area contributed by atoms with Gasteiger partial charge in [0.05, 0.1) is 10.6 Å². The highest BCUT2D eigenvalue weighted by molar-refractivity contribution is 7.13. The fourth-order valence-electron chi connectivity index (χ4n) is 2.04. The standard InChI is InChI=1S/C16H15N3OS/c20-9-7-12-3-1-4-13(11-12)18-16-17-8-6-14(19-16)15-5-2-10-21-15/h1-6,8,10-11,20H,7,9H2,(H,17,18,19). The third-order valence-corrected chi connectivity index (χ3v) is 3.91. The second-order valence-corrected chi connectivity index (χ2v) is 5.49. The summed E-state index contributed by atoms with van der Waals surface area (Å²) in [4.78, 5) is 9.90. The minimum atomic E-state index is 0.147. The summed E-state index contributed by atoms with van der Waals surface area (Å²) in [5.74, 6) is 0.571. The van der Waals surface area contributed by atoms with Crippen LogP contribution in [-0.2, 0) is 6.42 Å². The number of aromatic nitrogens is 2. The number of rotatable bonds is 5. The maximum Gasteiger partial charge on any atom is 0.227 e. The molecule has 5 heteroatoms. The van der Waals surface area contributed by atoms with E-state index < -0.39 is 0 Å². The number of nitrogens with zero attached hydrogens (tertiary/aromatic N) is 2. The van der Waals surface area contributed by atoms with E-state index in [0.29, 0.717) is 12.4 Å². The lowest BCUT2D eigenvalue weighted by atomic mass is 10.1. The predicted molar refractivity (Wildman–Crippen MR) is 85.9 cm³/mol. The molecule has 0 unspecified atom stereocenters. The smallest absolute Gasteiger partial charge is 0.227 e. The van der Waals surface area contributed by atoms with Gasteiger partial charge in [0.1, 0.15) is 0 Å². The highest BCUT2D eigenvalue weighted by Crippen LogP contribution is 2.23. The molecular formula is C16H15N3OS. The van der Waals surface area contributed by atoms with E-state index in [9.17, 15) is 0 Å². The number of benzene rings is 1. The largest absolute Gasteiger partial charge is 0.396 e. The molecule has 0 radical (unpaired) electrons. The maximum absolute atomic E-state index is 9.00. The van der Waals surface area contributed by atoms with Gasteiger partial charge in [-0.15, -0.1) is 11.3 Å². The molecule has 21 heavy (non-hydrogen) atoms. The molecule has 0 aliphatic carbocycles. The number of hydrogen-bond acceptors (Lipinski definition) is 5. The number of nitrogens with one attached hydrogen (secondary N) is 1. The molecule has 0 bridgehead atoms. The average Bonchev–Trinajstić information content (AvgIpc) is 3.03. The van der Waals surface area contributed by atoms with Crippen molar-refractivity contribution in [3.63, 3.8) is 0 Å². The Morgan fingerprint density at radius 3 is 2.90 bits per heavy atom. The molecule has 0 atom stereocenters. The van der Waals surface area contributed by atoms with Crippen LogP contribution in [0.3, 0.4) is 0 Å². The molecule has 0 fully saturated rings. The Balaban J connectivity index is 1.82. The van der Waals surface area contributed by atoms with E-state index in [2.05, 4.69) is 15.3 Å². The molecule has 106 valence electrons. The minimum absolute atomic E-state index is 0.147. The summed E-state index contributed by atoms with van der Waals surface area (Å²) in [7, 11) is 0. The number of hydrogen-bond donors (Lipinski definition) is 2. The molecule has 4 nitrogen and oxygen atoms in total. The Morgan fingerprint density at radius 2 is 2.10 bits per heavy atom. The molecule has 2 heterocycles. The van der Waals surface area contributed by atoms with Gasteiger partial charge in [-0.2, -0.15) is 0 Å².